The number of carbonyl (C=O) groups is 2. The normalized spacial score (nSPS) is 19.8. The summed E-state index contributed by atoms with van der Waals surface area (Å²) in [6, 6.07) is 2.50. The van der Waals surface area contributed by atoms with Crippen molar-refractivity contribution in [3.05, 3.63) is 16.8 Å². The Morgan fingerprint density at radius 1 is 1.26 bits per heavy atom. The fraction of sp³-hybridized carbons (Fsp3) is 0.650. The van der Waals surface area contributed by atoms with Crippen LogP contribution in [0.2, 0.25) is 0 Å². The number of nitriles is 1. The molecule has 146 valence electrons. The molecular formula is C20H27N3O4. The first-order valence-electron chi connectivity index (χ1n) is 9.69. The average molecular weight is 373 g/mol. The van der Waals surface area contributed by atoms with Gasteiger partial charge in [-0.05, 0) is 45.1 Å². The summed E-state index contributed by atoms with van der Waals surface area (Å²) >= 11 is 0. The van der Waals surface area contributed by atoms with Crippen LogP contribution in [0.1, 0.15) is 67.8 Å². The maximum Gasteiger partial charge on any atom is 0.308 e. The minimum Gasteiger partial charge on any atom is -0.455 e. The Morgan fingerprint density at radius 3 is 2.63 bits per heavy atom. The Kier molecular flexibility index (Phi) is 6.17. The molecule has 1 N–H and O–H groups in total. The fourth-order valence-corrected chi connectivity index (χ4v) is 4.07. The summed E-state index contributed by atoms with van der Waals surface area (Å²) in [6.07, 6.45) is 6.25. The summed E-state index contributed by atoms with van der Waals surface area (Å²) in [5.41, 5.74) is 2.37. The molecule has 0 aromatic carbocycles. The van der Waals surface area contributed by atoms with Crippen LogP contribution in [-0.4, -0.2) is 35.8 Å². The molecule has 3 rings (SSSR count). The number of hydrogen-bond donors (Lipinski definition) is 1. The molecule has 1 saturated heterocycles. The molecule has 1 atom stereocenters. The number of esters is 1. The van der Waals surface area contributed by atoms with Crippen molar-refractivity contribution in [2.45, 2.75) is 70.9 Å². The SMILES string of the molecule is Cc1c(C#N)c(NC(=O)COC(=O)C[C@@H]2CCCO2)n(C2CCCC2)c1C. The van der Waals surface area contributed by atoms with Crippen molar-refractivity contribution in [2.24, 2.45) is 0 Å². The Balaban J connectivity index is 1.65. The lowest BCUT2D eigenvalue weighted by atomic mass is 10.2. The van der Waals surface area contributed by atoms with E-state index in [0.29, 0.717) is 24.0 Å². The van der Waals surface area contributed by atoms with Crippen LogP contribution in [0.15, 0.2) is 0 Å². The number of ether oxygens (including phenoxy) is 2. The van der Waals surface area contributed by atoms with E-state index in [4.69, 9.17) is 9.47 Å². The van der Waals surface area contributed by atoms with Gasteiger partial charge in [0.15, 0.2) is 6.61 Å². The second-order valence-electron chi connectivity index (χ2n) is 7.40. The van der Waals surface area contributed by atoms with Gasteiger partial charge < -0.3 is 19.4 Å². The third-order valence-corrected chi connectivity index (χ3v) is 5.60. The van der Waals surface area contributed by atoms with Crippen molar-refractivity contribution in [2.75, 3.05) is 18.5 Å². The van der Waals surface area contributed by atoms with Crippen LogP contribution in [-0.2, 0) is 19.1 Å². The minimum absolute atomic E-state index is 0.101. The molecule has 0 unspecified atom stereocenters. The van der Waals surface area contributed by atoms with E-state index in [2.05, 4.69) is 16.0 Å². The quantitative estimate of drug-likeness (QED) is 0.773. The van der Waals surface area contributed by atoms with E-state index in [1.807, 2.05) is 13.8 Å². The zero-order chi connectivity index (χ0) is 19.4. The van der Waals surface area contributed by atoms with Crippen molar-refractivity contribution >= 4 is 17.7 Å². The molecule has 0 bridgehead atoms. The van der Waals surface area contributed by atoms with Gasteiger partial charge in [-0.25, -0.2) is 0 Å². The highest BCUT2D eigenvalue weighted by Crippen LogP contribution is 2.37. The monoisotopic (exact) mass is 373 g/mol. The maximum atomic E-state index is 12.4. The van der Waals surface area contributed by atoms with E-state index in [1.165, 1.54) is 0 Å². The molecule has 1 saturated carbocycles. The highest BCUT2D eigenvalue weighted by Gasteiger charge is 2.27. The van der Waals surface area contributed by atoms with Crippen molar-refractivity contribution in [1.82, 2.24) is 4.57 Å². The molecule has 2 aliphatic rings. The summed E-state index contributed by atoms with van der Waals surface area (Å²) in [7, 11) is 0. The first-order chi connectivity index (χ1) is 13.0. The van der Waals surface area contributed by atoms with Crippen molar-refractivity contribution in [1.29, 1.82) is 5.26 Å². The molecule has 2 heterocycles. The van der Waals surface area contributed by atoms with Crippen LogP contribution in [0.25, 0.3) is 0 Å². The Labute approximate surface area is 159 Å². The minimum atomic E-state index is -0.434. The van der Waals surface area contributed by atoms with Crippen LogP contribution in [0, 0.1) is 25.2 Å². The van der Waals surface area contributed by atoms with Crippen LogP contribution in [0.4, 0.5) is 5.82 Å². The van der Waals surface area contributed by atoms with Gasteiger partial charge in [0.05, 0.1) is 18.1 Å². The third kappa shape index (κ3) is 4.33. The lowest BCUT2D eigenvalue weighted by molar-refractivity contribution is -0.149. The van der Waals surface area contributed by atoms with Gasteiger partial charge in [-0.2, -0.15) is 5.26 Å². The van der Waals surface area contributed by atoms with Gasteiger partial charge in [0, 0.05) is 18.3 Å². The molecule has 1 aliphatic carbocycles. The second-order valence-corrected chi connectivity index (χ2v) is 7.40. The number of aromatic nitrogens is 1. The number of hydrogen-bond acceptors (Lipinski definition) is 5. The van der Waals surface area contributed by atoms with Gasteiger partial charge in [0.1, 0.15) is 11.9 Å². The number of amides is 1. The number of rotatable bonds is 6. The molecule has 0 spiro atoms. The van der Waals surface area contributed by atoms with Crippen LogP contribution in [0.3, 0.4) is 0 Å². The highest BCUT2D eigenvalue weighted by molar-refractivity contribution is 5.93. The first kappa shape index (κ1) is 19.4. The maximum absolute atomic E-state index is 12.4. The van der Waals surface area contributed by atoms with E-state index in [9.17, 15) is 14.9 Å². The van der Waals surface area contributed by atoms with Gasteiger partial charge in [0.2, 0.25) is 0 Å². The third-order valence-electron chi connectivity index (χ3n) is 5.60. The summed E-state index contributed by atoms with van der Waals surface area (Å²) in [6.45, 7) is 4.19. The van der Waals surface area contributed by atoms with E-state index in [0.717, 1.165) is 49.8 Å². The lowest BCUT2D eigenvalue weighted by Gasteiger charge is -2.19. The molecule has 7 nitrogen and oxygen atoms in total. The van der Waals surface area contributed by atoms with Crippen LogP contribution in [0.5, 0.6) is 0 Å². The molecule has 27 heavy (non-hydrogen) atoms. The molecule has 1 amide bonds. The summed E-state index contributed by atoms with van der Waals surface area (Å²) in [4.78, 5) is 24.2. The van der Waals surface area contributed by atoms with Crippen molar-refractivity contribution < 1.29 is 19.1 Å². The summed E-state index contributed by atoms with van der Waals surface area (Å²) in [5, 5.41) is 12.4. The zero-order valence-electron chi connectivity index (χ0n) is 16.0. The lowest BCUT2D eigenvalue weighted by Crippen LogP contribution is -2.25. The van der Waals surface area contributed by atoms with E-state index >= 15 is 0 Å². The van der Waals surface area contributed by atoms with E-state index < -0.39 is 11.9 Å². The van der Waals surface area contributed by atoms with Crippen molar-refractivity contribution in [3.8, 4) is 6.07 Å². The topological polar surface area (TPSA) is 93.3 Å². The largest absolute Gasteiger partial charge is 0.455 e. The number of nitrogens with one attached hydrogen (secondary N) is 1. The van der Waals surface area contributed by atoms with E-state index in [-0.39, 0.29) is 19.1 Å². The van der Waals surface area contributed by atoms with Gasteiger partial charge in [-0.3, -0.25) is 9.59 Å². The molecule has 0 radical (unpaired) electrons. The van der Waals surface area contributed by atoms with Gasteiger partial charge in [0.25, 0.3) is 5.91 Å². The van der Waals surface area contributed by atoms with Crippen molar-refractivity contribution in [3.63, 3.8) is 0 Å². The Morgan fingerprint density at radius 2 is 2.00 bits per heavy atom. The van der Waals surface area contributed by atoms with Gasteiger partial charge in [-0.15, -0.1) is 0 Å². The molecule has 2 fully saturated rings. The molecule has 1 aromatic heterocycles. The average Bonchev–Trinajstić information content (AvgIpc) is 3.37. The van der Waals surface area contributed by atoms with E-state index in [1.54, 1.807) is 0 Å². The highest BCUT2D eigenvalue weighted by atomic mass is 16.5. The number of nitrogens with zero attached hydrogens (tertiary/aromatic N) is 2. The molecule has 1 aromatic rings. The van der Waals surface area contributed by atoms with Gasteiger partial charge in [-0.1, -0.05) is 12.8 Å². The smallest absolute Gasteiger partial charge is 0.308 e. The number of carbonyl (C=O) groups excluding carboxylic acids is 2. The predicted octanol–water partition coefficient (Wildman–Crippen LogP) is 3.14. The first-order valence-corrected chi connectivity index (χ1v) is 9.69. The summed E-state index contributed by atoms with van der Waals surface area (Å²) < 4.78 is 12.6. The zero-order valence-corrected chi connectivity index (χ0v) is 16.0. The van der Waals surface area contributed by atoms with Crippen LogP contribution < -0.4 is 5.32 Å². The molecular weight excluding hydrogens is 346 g/mol. The Bertz CT molecular complexity index is 750. The molecule has 1 aliphatic heterocycles. The Hall–Kier alpha value is -2.33. The van der Waals surface area contributed by atoms with Crippen LogP contribution >= 0.6 is 0 Å². The molecule has 7 heteroatoms. The fourth-order valence-electron chi connectivity index (χ4n) is 4.07. The second kappa shape index (κ2) is 8.57. The predicted molar refractivity (Wildman–Crippen MR) is 99.3 cm³/mol. The van der Waals surface area contributed by atoms with Gasteiger partial charge >= 0.3 is 5.97 Å². The summed E-state index contributed by atoms with van der Waals surface area (Å²) in [5.74, 6) is -0.334. The number of anilines is 1. The standard InChI is InChI=1S/C20H27N3O4/c1-13-14(2)23(15-6-3-4-7-15)20(17(13)11-21)22-18(24)12-27-19(25)10-16-8-5-9-26-16/h15-16H,3-10,12H2,1-2H3,(H,22,24)/t16-/m0/s1.